The number of halogens is 4. The van der Waals surface area contributed by atoms with Gasteiger partial charge in [0.2, 0.25) is 5.82 Å². The van der Waals surface area contributed by atoms with Crippen molar-refractivity contribution in [1.82, 2.24) is 9.97 Å². The second kappa shape index (κ2) is 6.47. The molecule has 8 heteroatoms. The first kappa shape index (κ1) is 15.4. The number of alkyl halides is 3. The highest BCUT2D eigenvalue weighted by atomic mass is 35.5. The van der Waals surface area contributed by atoms with E-state index in [1.54, 1.807) is 11.8 Å². The van der Waals surface area contributed by atoms with Crippen LogP contribution in [0.4, 0.5) is 19.0 Å². The molecule has 0 amide bonds. The Morgan fingerprint density at radius 1 is 1.44 bits per heavy atom. The molecule has 1 N–H and O–H groups in total. The topological polar surface area (TPSA) is 37.8 Å². The Balaban J connectivity index is 2.69. The lowest BCUT2D eigenvalue weighted by Gasteiger charge is -2.11. The van der Waals surface area contributed by atoms with Gasteiger partial charge in [-0.2, -0.15) is 24.9 Å². The molecular formula is C10H13ClF3N3S. The summed E-state index contributed by atoms with van der Waals surface area (Å²) in [5.41, 5.74) is 0. The first-order valence-corrected chi connectivity index (χ1v) is 6.88. The maximum absolute atomic E-state index is 12.4. The molecule has 3 nitrogen and oxygen atoms in total. The quantitative estimate of drug-likeness (QED) is 0.841. The van der Waals surface area contributed by atoms with Crippen molar-refractivity contribution in [3.8, 4) is 0 Å². The maximum Gasteiger partial charge on any atom is 0.451 e. The molecule has 1 heterocycles. The van der Waals surface area contributed by atoms with E-state index in [1.165, 1.54) is 6.07 Å². The van der Waals surface area contributed by atoms with Crippen molar-refractivity contribution in [1.29, 1.82) is 0 Å². The fraction of sp³-hybridized carbons (Fsp3) is 0.600. The van der Waals surface area contributed by atoms with Crippen LogP contribution in [0.5, 0.6) is 0 Å². The van der Waals surface area contributed by atoms with E-state index in [4.69, 9.17) is 11.6 Å². The highest BCUT2D eigenvalue weighted by Gasteiger charge is 2.35. The minimum Gasteiger partial charge on any atom is -0.370 e. The molecule has 102 valence electrons. The van der Waals surface area contributed by atoms with E-state index in [-0.39, 0.29) is 11.0 Å². The van der Waals surface area contributed by atoms with Gasteiger partial charge in [0.05, 0.1) is 0 Å². The Bertz CT molecular complexity index is 400. The Kier molecular flexibility index (Phi) is 5.52. The predicted molar refractivity (Wildman–Crippen MR) is 68.1 cm³/mol. The summed E-state index contributed by atoms with van der Waals surface area (Å²) < 4.78 is 37.3. The Hall–Kier alpha value is -0.690. The number of hydrogen-bond acceptors (Lipinski definition) is 4. The molecule has 0 spiro atoms. The van der Waals surface area contributed by atoms with Crippen LogP contribution in [0.15, 0.2) is 6.07 Å². The fourth-order valence-corrected chi connectivity index (χ4v) is 1.69. The average molecular weight is 300 g/mol. The summed E-state index contributed by atoms with van der Waals surface area (Å²) in [7, 11) is 0. The Morgan fingerprint density at radius 3 is 2.67 bits per heavy atom. The maximum atomic E-state index is 12.4. The van der Waals surface area contributed by atoms with Gasteiger partial charge in [0.1, 0.15) is 11.0 Å². The predicted octanol–water partition coefficient (Wildman–Crippen LogP) is 3.70. The number of rotatable bonds is 5. The van der Waals surface area contributed by atoms with Crippen LogP contribution < -0.4 is 5.32 Å². The zero-order valence-corrected chi connectivity index (χ0v) is 11.5. The number of nitrogens with zero attached hydrogens (tertiary/aromatic N) is 2. The third-order valence-electron chi connectivity index (χ3n) is 2.21. The van der Waals surface area contributed by atoms with Crippen LogP contribution in [-0.2, 0) is 6.18 Å². The highest BCUT2D eigenvalue weighted by molar-refractivity contribution is 7.99. The first-order chi connectivity index (χ1) is 8.32. The van der Waals surface area contributed by atoms with Crippen molar-refractivity contribution in [3.05, 3.63) is 17.0 Å². The molecule has 0 saturated carbocycles. The minimum atomic E-state index is -4.59. The first-order valence-electron chi connectivity index (χ1n) is 5.21. The molecule has 0 aromatic carbocycles. The van der Waals surface area contributed by atoms with E-state index in [1.807, 2.05) is 13.2 Å². The van der Waals surface area contributed by atoms with Crippen molar-refractivity contribution in [2.24, 2.45) is 0 Å². The van der Waals surface area contributed by atoms with Crippen LogP contribution in [0, 0.1) is 0 Å². The lowest BCUT2D eigenvalue weighted by atomic mass is 10.3. The molecule has 1 aromatic heterocycles. The summed E-state index contributed by atoms with van der Waals surface area (Å²) in [5.74, 6) is -1.13. The zero-order chi connectivity index (χ0) is 13.8. The molecule has 0 aliphatic heterocycles. The molecule has 0 bridgehead atoms. The normalized spacial score (nSPS) is 13.4. The van der Waals surface area contributed by atoms with Crippen LogP contribution in [-0.4, -0.2) is 28.0 Å². The van der Waals surface area contributed by atoms with Gasteiger partial charge in [0, 0.05) is 17.9 Å². The Labute approximate surface area is 113 Å². The van der Waals surface area contributed by atoms with Crippen molar-refractivity contribution >= 4 is 29.2 Å². The zero-order valence-electron chi connectivity index (χ0n) is 9.88. The molecule has 1 rings (SSSR count). The minimum absolute atomic E-state index is 0.0932. The van der Waals surface area contributed by atoms with E-state index in [2.05, 4.69) is 15.3 Å². The smallest absolute Gasteiger partial charge is 0.370 e. The van der Waals surface area contributed by atoms with Crippen molar-refractivity contribution in [2.75, 3.05) is 18.1 Å². The lowest BCUT2D eigenvalue weighted by Crippen LogP contribution is -2.14. The van der Waals surface area contributed by atoms with E-state index < -0.39 is 12.0 Å². The molecule has 18 heavy (non-hydrogen) atoms. The largest absolute Gasteiger partial charge is 0.451 e. The molecule has 1 atom stereocenters. The van der Waals surface area contributed by atoms with Gasteiger partial charge >= 0.3 is 6.18 Å². The van der Waals surface area contributed by atoms with Crippen molar-refractivity contribution in [3.63, 3.8) is 0 Å². The van der Waals surface area contributed by atoms with Gasteiger partial charge in [0.25, 0.3) is 0 Å². The van der Waals surface area contributed by atoms with E-state index in [9.17, 15) is 13.2 Å². The van der Waals surface area contributed by atoms with Crippen LogP contribution >= 0.6 is 23.4 Å². The van der Waals surface area contributed by atoms with Gasteiger partial charge in [-0.15, -0.1) is 0 Å². The standard InChI is InChI=1S/C10H13ClF3N3S/c1-6(18-2)3-4-15-8-5-7(11)16-9(17-8)10(12,13)14/h5-6H,3-4H2,1-2H3,(H,15,16,17). The SMILES string of the molecule is CSC(C)CCNc1cc(Cl)nc(C(F)(F)F)n1. The van der Waals surface area contributed by atoms with Crippen LogP contribution in [0.3, 0.4) is 0 Å². The van der Waals surface area contributed by atoms with E-state index in [0.717, 1.165) is 6.42 Å². The molecule has 1 unspecified atom stereocenters. The summed E-state index contributed by atoms with van der Waals surface area (Å²) in [6.07, 6.45) is -1.79. The van der Waals surface area contributed by atoms with Crippen molar-refractivity contribution in [2.45, 2.75) is 24.8 Å². The third-order valence-corrected chi connectivity index (χ3v) is 3.44. The van der Waals surface area contributed by atoms with Gasteiger partial charge in [-0.3, -0.25) is 0 Å². The molecule has 0 radical (unpaired) electrons. The van der Waals surface area contributed by atoms with Crippen LogP contribution in [0.25, 0.3) is 0 Å². The average Bonchev–Trinajstić information content (AvgIpc) is 2.27. The molecule has 0 saturated heterocycles. The van der Waals surface area contributed by atoms with Gasteiger partial charge in [-0.1, -0.05) is 18.5 Å². The molecule has 1 aromatic rings. The van der Waals surface area contributed by atoms with Gasteiger partial charge in [0.15, 0.2) is 0 Å². The molecule has 0 aliphatic rings. The molecular weight excluding hydrogens is 287 g/mol. The van der Waals surface area contributed by atoms with Crippen LogP contribution in [0.1, 0.15) is 19.2 Å². The number of thioether (sulfide) groups is 1. The van der Waals surface area contributed by atoms with Gasteiger partial charge < -0.3 is 5.32 Å². The molecule has 0 fully saturated rings. The monoisotopic (exact) mass is 299 g/mol. The second-order valence-corrected chi connectivity index (χ2v) is 5.32. The van der Waals surface area contributed by atoms with Gasteiger partial charge in [-0.25, -0.2) is 9.97 Å². The second-order valence-electron chi connectivity index (χ2n) is 3.66. The fourth-order valence-electron chi connectivity index (χ4n) is 1.16. The van der Waals surface area contributed by atoms with Crippen molar-refractivity contribution < 1.29 is 13.2 Å². The summed E-state index contributed by atoms with van der Waals surface area (Å²) in [6, 6.07) is 1.28. The molecule has 0 aliphatic carbocycles. The summed E-state index contributed by atoms with van der Waals surface area (Å²) in [5, 5.41) is 3.02. The highest BCUT2D eigenvalue weighted by Crippen LogP contribution is 2.28. The van der Waals surface area contributed by atoms with E-state index >= 15 is 0 Å². The Morgan fingerprint density at radius 2 is 2.11 bits per heavy atom. The number of hydrogen-bond donors (Lipinski definition) is 1. The van der Waals surface area contributed by atoms with Crippen LogP contribution in [0.2, 0.25) is 5.15 Å². The third kappa shape index (κ3) is 4.89. The van der Waals surface area contributed by atoms with E-state index in [0.29, 0.717) is 11.8 Å². The number of aromatic nitrogens is 2. The van der Waals surface area contributed by atoms with Gasteiger partial charge in [-0.05, 0) is 12.7 Å². The summed E-state index contributed by atoms with van der Waals surface area (Å²) in [6.45, 7) is 2.58. The number of nitrogens with one attached hydrogen (secondary N) is 1. The number of anilines is 1. The summed E-state index contributed by atoms with van der Waals surface area (Å²) >= 11 is 7.22. The summed E-state index contributed by atoms with van der Waals surface area (Å²) in [4.78, 5) is 6.54. The lowest BCUT2D eigenvalue weighted by molar-refractivity contribution is -0.144.